The zero-order valence-electron chi connectivity index (χ0n) is 15.8. The average molecular weight is 363 g/mol. The number of hydrogen-bond acceptors (Lipinski definition) is 4. The van der Waals surface area contributed by atoms with E-state index in [-0.39, 0.29) is 11.5 Å². The lowest BCUT2D eigenvalue weighted by Crippen LogP contribution is -2.24. The molecule has 0 bridgehead atoms. The minimum atomic E-state index is -0.532. The molecule has 0 aliphatic carbocycles. The van der Waals surface area contributed by atoms with Crippen LogP contribution in [0.2, 0.25) is 0 Å². The van der Waals surface area contributed by atoms with Gasteiger partial charge in [-0.05, 0) is 49.8 Å². The Morgan fingerprint density at radius 1 is 0.963 bits per heavy atom. The van der Waals surface area contributed by atoms with Gasteiger partial charge in [0.25, 0.3) is 5.91 Å². The van der Waals surface area contributed by atoms with Crippen molar-refractivity contribution in [3.8, 4) is 5.75 Å². The second-order valence-corrected chi connectivity index (χ2v) is 6.26. The van der Waals surface area contributed by atoms with Gasteiger partial charge in [0.2, 0.25) is 0 Å². The van der Waals surface area contributed by atoms with Gasteiger partial charge in [0, 0.05) is 11.4 Å². The van der Waals surface area contributed by atoms with Crippen molar-refractivity contribution < 1.29 is 19.1 Å². The molecular formula is C22H21NO4. The standard InChI is InChI=1S/C22H21NO4/c1-14-5-7-16(8-6-14)13-19-20(22(25)27-4)15(2)23(21(19)24)17-9-11-18(26-3)12-10-17/h5-13H,1-4H3/b19-13-. The lowest BCUT2D eigenvalue weighted by Gasteiger charge is -2.18. The Kier molecular flexibility index (Phi) is 5.12. The molecule has 5 heteroatoms. The monoisotopic (exact) mass is 363 g/mol. The zero-order valence-corrected chi connectivity index (χ0v) is 15.8. The Bertz CT molecular complexity index is 937. The van der Waals surface area contributed by atoms with Crippen LogP contribution in [0.3, 0.4) is 0 Å². The van der Waals surface area contributed by atoms with Crippen LogP contribution in [0.4, 0.5) is 5.69 Å². The number of benzene rings is 2. The van der Waals surface area contributed by atoms with Crippen LogP contribution in [0, 0.1) is 6.92 Å². The first-order valence-electron chi connectivity index (χ1n) is 8.52. The van der Waals surface area contributed by atoms with Gasteiger partial charge < -0.3 is 9.47 Å². The molecule has 2 aromatic rings. The first-order chi connectivity index (χ1) is 13.0. The molecular weight excluding hydrogens is 342 g/mol. The summed E-state index contributed by atoms with van der Waals surface area (Å²) < 4.78 is 10.1. The van der Waals surface area contributed by atoms with E-state index in [1.807, 2.05) is 31.2 Å². The van der Waals surface area contributed by atoms with Crippen LogP contribution in [-0.4, -0.2) is 26.1 Å². The number of nitrogens with zero attached hydrogens (tertiary/aromatic N) is 1. The first kappa shape index (κ1) is 18.5. The molecule has 1 aliphatic rings. The van der Waals surface area contributed by atoms with Crippen molar-refractivity contribution in [2.45, 2.75) is 13.8 Å². The second-order valence-electron chi connectivity index (χ2n) is 6.26. The number of anilines is 1. The van der Waals surface area contributed by atoms with Crippen molar-refractivity contribution in [2.75, 3.05) is 19.1 Å². The minimum Gasteiger partial charge on any atom is -0.497 e. The Hall–Kier alpha value is -3.34. The number of amides is 1. The van der Waals surface area contributed by atoms with Crippen LogP contribution in [0.15, 0.2) is 65.4 Å². The molecule has 0 N–H and O–H groups in total. The maximum Gasteiger partial charge on any atom is 0.340 e. The number of aryl methyl sites for hydroxylation is 1. The van der Waals surface area contributed by atoms with Gasteiger partial charge in [-0.2, -0.15) is 0 Å². The molecule has 1 aliphatic heterocycles. The smallest absolute Gasteiger partial charge is 0.340 e. The van der Waals surface area contributed by atoms with Gasteiger partial charge in [-0.1, -0.05) is 29.8 Å². The number of methoxy groups -OCH3 is 2. The average Bonchev–Trinajstić information content (AvgIpc) is 2.93. The van der Waals surface area contributed by atoms with Crippen molar-refractivity contribution in [3.05, 3.63) is 76.5 Å². The molecule has 27 heavy (non-hydrogen) atoms. The number of carbonyl (C=O) groups is 2. The number of esters is 1. The molecule has 0 spiro atoms. The van der Waals surface area contributed by atoms with Gasteiger partial charge >= 0.3 is 5.97 Å². The van der Waals surface area contributed by atoms with E-state index in [0.717, 1.165) is 11.1 Å². The van der Waals surface area contributed by atoms with Gasteiger partial charge in [-0.3, -0.25) is 9.69 Å². The van der Waals surface area contributed by atoms with E-state index < -0.39 is 5.97 Å². The number of allylic oxidation sites excluding steroid dienone is 1. The highest BCUT2D eigenvalue weighted by Gasteiger charge is 2.37. The molecule has 0 saturated heterocycles. The fraction of sp³-hybridized carbons (Fsp3) is 0.182. The van der Waals surface area contributed by atoms with Crippen LogP contribution in [0.25, 0.3) is 6.08 Å². The van der Waals surface area contributed by atoms with Crippen molar-refractivity contribution in [1.29, 1.82) is 0 Å². The Labute approximate surface area is 158 Å². The molecule has 5 nitrogen and oxygen atoms in total. The topological polar surface area (TPSA) is 55.8 Å². The van der Waals surface area contributed by atoms with E-state index in [2.05, 4.69) is 0 Å². The third-order valence-corrected chi connectivity index (χ3v) is 4.51. The second kappa shape index (κ2) is 7.50. The van der Waals surface area contributed by atoms with Gasteiger partial charge in [-0.15, -0.1) is 0 Å². The highest BCUT2D eigenvalue weighted by molar-refractivity contribution is 6.23. The summed E-state index contributed by atoms with van der Waals surface area (Å²) in [5, 5.41) is 0. The first-order valence-corrected chi connectivity index (χ1v) is 8.52. The quantitative estimate of drug-likeness (QED) is 0.611. The minimum absolute atomic E-state index is 0.265. The van der Waals surface area contributed by atoms with Crippen molar-refractivity contribution in [2.24, 2.45) is 0 Å². The third kappa shape index (κ3) is 3.49. The van der Waals surface area contributed by atoms with E-state index >= 15 is 0 Å². The van der Waals surface area contributed by atoms with Crippen molar-refractivity contribution in [1.82, 2.24) is 0 Å². The van der Waals surface area contributed by atoms with E-state index in [4.69, 9.17) is 9.47 Å². The summed E-state index contributed by atoms with van der Waals surface area (Å²) in [7, 11) is 2.89. The molecule has 0 unspecified atom stereocenters. The summed E-state index contributed by atoms with van der Waals surface area (Å²) in [5.41, 5.74) is 3.75. The van der Waals surface area contributed by atoms with E-state index in [0.29, 0.717) is 22.7 Å². The number of ether oxygens (including phenoxy) is 2. The number of carbonyl (C=O) groups excluding carboxylic acids is 2. The highest BCUT2D eigenvalue weighted by atomic mass is 16.5. The van der Waals surface area contributed by atoms with Gasteiger partial charge in [0.1, 0.15) is 5.75 Å². The predicted octanol–water partition coefficient (Wildman–Crippen LogP) is 3.88. The van der Waals surface area contributed by atoms with Crippen LogP contribution in [0.1, 0.15) is 18.1 Å². The maximum absolute atomic E-state index is 13.1. The highest BCUT2D eigenvalue weighted by Crippen LogP contribution is 2.36. The zero-order chi connectivity index (χ0) is 19.6. The lowest BCUT2D eigenvalue weighted by atomic mass is 10.0. The van der Waals surface area contributed by atoms with E-state index in [9.17, 15) is 9.59 Å². The molecule has 3 rings (SSSR count). The summed E-state index contributed by atoms with van der Waals surface area (Å²) in [6.45, 7) is 3.73. The fourth-order valence-electron chi connectivity index (χ4n) is 3.05. The molecule has 138 valence electrons. The summed E-state index contributed by atoms with van der Waals surface area (Å²) in [4.78, 5) is 27.1. The van der Waals surface area contributed by atoms with Gasteiger partial charge in [-0.25, -0.2) is 4.79 Å². The maximum atomic E-state index is 13.1. The number of rotatable bonds is 4. The van der Waals surface area contributed by atoms with Crippen LogP contribution >= 0.6 is 0 Å². The van der Waals surface area contributed by atoms with Gasteiger partial charge in [0.15, 0.2) is 0 Å². The molecule has 0 aromatic heterocycles. The normalized spacial score (nSPS) is 15.5. The molecule has 1 amide bonds. The predicted molar refractivity (Wildman–Crippen MR) is 104 cm³/mol. The van der Waals surface area contributed by atoms with E-state index in [1.165, 1.54) is 12.0 Å². The summed E-state index contributed by atoms with van der Waals surface area (Å²) >= 11 is 0. The third-order valence-electron chi connectivity index (χ3n) is 4.51. The molecule has 0 fully saturated rings. The summed E-state index contributed by atoms with van der Waals surface area (Å²) in [6.07, 6.45) is 1.72. The Morgan fingerprint density at radius 3 is 2.15 bits per heavy atom. The molecule has 2 aromatic carbocycles. The summed E-state index contributed by atoms with van der Waals surface area (Å²) in [5.74, 6) is -0.107. The lowest BCUT2D eigenvalue weighted by molar-refractivity contribution is -0.136. The molecule has 1 heterocycles. The molecule has 0 radical (unpaired) electrons. The van der Waals surface area contributed by atoms with Crippen LogP contribution in [-0.2, 0) is 14.3 Å². The largest absolute Gasteiger partial charge is 0.497 e. The molecule has 0 saturated carbocycles. The molecule has 0 atom stereocenters. The Balaban J connectivity index is 2.09. The van der Waals surface area contributed by atoms with E-state index in [1.54, 1.807) is 44.4 Å². The van der Waals surface area contributed by atoms with Crippen molar-refractivity contribution in [3.63, 3.8) is 0 Å². The van der Waals surface area contributed by atoms with Gasteiger partial charge in [0.05, 0.1) is 25.4 Å². The van der Waals surface area contributed by atoms with Crippen LogP contribution < -0.4 is 9.64 Å². The SMILES string of the molecule is COC(=O)C1=C(C)N(c2ccc(OC)cc2)C(=O)/C1=C\c1ccc(C)cc1. The van der Waals surface area contributed by atoms with Crippen molar-refractivity contribution >= 4 is 23.6 Å². The Morgan fingerprint density at radius 2 is 1.59 bits per heavy atom. The fourth-order valence-corrected chi connectivity index (χ4v) is 3.05. The number of hydrogen-bond donors (Lipinski definition) is 0. The summed E-state index contributed by atoms with van der Waals surface area (Å²) in [6, 6.07) is 14.9. The van der Waals surface area contributed by atoms with Crippen LogP contribution in [0.5, 0.6) is 5.75 Å².